The van der Waals surface area contributed by atoms with Crippen LogP contribution in [0, 0.1) is 5.92 Å². The molecule has 2 aromatic rings. The van der Waals surface area contributed by atoms with Crippen LogP contribution in [0.1, 0.15) is 29.4 Å². The van der Waals surface area contributed by atoms with Gasteiger partial charge in [0.15, 0.2) is 0 Å². The number of benzene rings is 1. The van der Waals surface area contributed by atoms with Gasteiger partial charge in [0.05, 0.1) is 6.20 Å². The third-order valence-corrected chi connectivity index (χ3v) is 4.48. The number of thiazole rings is 1. The summed E-state index contributed by atoms with van der Waals surface area (Å²) in [5.74, 6) is 0.671. The molecule has 1 aromatic carbocycles. The van der Waals surface area contributed by atoms with Gasteiger partial charge in [0, 0.05) is 11.6 Å². The molecule has 3 nitrogen and oxygen atoms in total. The highest BCUT2D eigenvalue weighted by Crippen LogP contribution is 2.32. The van der Waals surface area contributed by atoms with E-state index >= 15 is 0 Å². The van der Waals surface area contributed by atoms with Crippen molar-refractivity contribution in [2.45, 2.75) is 25.8 Å². The fourth-order valence-electron chi connectivity index (χ4n) is 2.09. The van der Waals surface area contributed by atoms with Crippen molar-refractivity contribution in [3.63, 3.8) is 0 Å². The van der Waals surface area contributed by atoms with Gasteiger partial charge in [-0.1, -0.05) is 30.3 Å². The predicted molar refractivity (Wildman–Crippen MR) is 77.2 cm³/mol. The van der Waals surface area contributed by atoms with Crippen molar-refractivity contribution in [1.29, 1.82) is 0 Å². The summed E-state index contributed by atoms with van der Waals surface area (Å²) in [5, 5.41) is 3.95. The molecule has 1 saturated carbocycles. The Kier molecular flexibility index (Phi) is 3.34. The molecular formula is C15H16N2OS. The summed E-state index contributed by atoms with van der Waals surface area (Å²) in [6.45, 7) is 2.08. The van der Waals surface area contributed by atoms with Gasteiger partial charge in [0.25, 0.3) is 5.91 Å². The van der Waals surface area contributed by atoms with E-state index in [1.807, 2.05) is 30.3 Å². The van der Waals surface area contributed by atoms with Crippen molar-refractivity contribution >= 4 is 17.2 Å². The summed E-state index contributed by atoms with van der Waals surface area (Å²) in [4.78, 5) is 17.1. The number of hydrogen-bond acceptors (Lipinski definition) is 3. The minimum Gasteiger partial charge on any atom is -0.349 e. The fourth-order valence-corrected chi connectivity index (χ4v) is 2.91. The van der Waals surface area contributed by atoms with Crippen LogP contribution in [0.3, 0.4) is 0 Å². The van der Waals surface area contributed by atoms with Crippen molar-refractivity contribution in [2.75, 3.05) is 0 Å². The third kappa shape index (κ3) is 2.84. The van der Waals surface area contributed by atoms with Crippen molar-refractivity contribution in [2.24, 2.45) is 5.92 Å². The van der Waals surface area contributed by atoms with Gasteiger partial charge >= 0.3 is 0 Å². The van der Waals surface area contributed by atoms with Crippen LogP contribution in [-0.4, -0.2) is 16.9 Å². The van der Waals surface area contributed by atoms with E-state index in [1.165, 1.54) is 24.2 Å². The molecule has 1 aromatic heterocycles. The molecule has 19 heavy (non-hydrogen) atoms. The van der Waals surface area contributed by atoms with Crippen molar-refractivity contribution in [1.82, 2.24) is 10.3 Å². The monoisotopic (exact) mass is 272 g/mol. The Labute approximate surface area is 116 Å². The van der Waals surface area contributed by atoms with Crippen LogP contribution in [0.15, 0.2) is 36.5 Å². The lowest BCUT2D eigenvalue weighted by Gasteiger charge is -2.10. The maximum atomic E-state index is 12.1. The highest BCUT2D eigenvalue weighted by Gasteiger charge is 2.29. The van der Waals surface area contributed by atoms with Gasteiger partial charge in [0.1, 0.15) is 9.88 Å². The van der Waals surface area contributed by atoms with Crippen molar-refractivity contribution < 1.29 is 4.79 Å². The van der Waals surface area contributed by atoms with Crippen LogP contribution >= 0.6 is 11.3 Å². The lowest BCUT2D eigenvalue weighted by Crippen LogP contribution is -2.33. The highest BCUT2D eigenvalue weighted by molar-refractivity contribution is 7.16. The molecule has 1 heterocycles. The molecule has 3 rings (SSSR count). The predicted octanol–water partition coefficient (Wildman–Crippen LogP) is 3.34. The lowest BCUT2D eigenvalue weighted by molar-refractivity contribution is 0.0940. The van der Waals surface area contributed by atoms with Gasteiger partial charge < -0.3 is 5.32 Å². The van der Waals surface area contributed by atoms with Crippen LogP contribution < -0.4 is 5.32 Å². The molecule has 0 aliphatic heterocycles. The first kappa shape index (κ1) is 12.4. The molecule has 1 aliphatic rings. The lowest BCUT2D eigenvalue weighted by atomic mass is 10.2. The van der Waals surface area contributed by atoms with E-state index in [4.69, 9.17) is 0 Å². The molecule has 0 bridgehead atoms. The molecule has 98 valence electrons. The second kappa shape index (κ2) is 5.13. The van der Waals surface area contributed by atoms with Gasteiger partial charge in [-0.05, 0) is 25.7 Å². The van der Waals surface area contributed by atoms with Crippen LogP contribution in [0.5, 0.6) is 0 Å². The van der Waals surface area contributed by atoms with Gasteiger partial charge in [0.2, 0.25) is 0 Å². The first-order chi connectivity index (χ1) is 9.24. The third-order valence-electron chi connectivity index (χ3n) is 3.44. The van der Waals surface area contributed by atoms with E-state index in [1.54, 1.807) is 6.20 Å². The summed E-state index contributed by atoms with van der Waals surface area (Å²) in [7, 11) is 0. The van der Waals surface area contributed by atoms with Crippen LogP contribution in [0.4, 0.5) is 0 Å². The Bertz CT molecular complexity index is 575. The summed E-state index contributed by atoms with van der Waals surface area (Å²) in [6.07, 6.45) is 4.14. The number of hydrogen-bond donors (Lipinski definition) is 1. The number of nitrogens with zero attached hydrogens (tertiary/aromatic N) is 1. The van der Waals surface area contributed by atoms with Gasteiger partial charge in [-0.25, -0.2) is 4.98 Å². The van der Waals surface area contributed by atoms with Gasteiger partial charge in [-0.15, -0.1) is 11.3 Å². The normalized spacial score (nSPS) is 16.1. The largest absolute Gasteiger partial charge is 0.349 e. The Hall–Kier alpha value is -1.68. The summed E-state index contributed by atoms with van der Waals surface area (Å²) in [6, 6.07) is 10.2. The van der Waals surface area contributed by atoms with E-state index in [2.05, 4.69) is 17.2 Å². The topological polar surface area (TPSA) is 42.0 Å². The SMILES string of the molecule is CC(NC(=O)c1cnc(-c2ccccc2)s1)C1CC1. The summed E-state index contributed by atoms with van der Waals surface area (Å²) in [5.41, 5.74) is 1.06. The average molecular weight is 272 g/mol. The van der Waals surface area contributed by atoms with Crippen LogP contribution in [-0.2, 0) is 0 Å². The Balaban J connectivity index is 1.72. The minimum atomic E-state index is -0.000851. The number of nitrogens with one attached hydrogen (secondary N) is 1. The molecule has 0 spiro atoms. The zero-order valence-electron chi connectivity index (χ0n) is 10.8. The number of amides is 1. The van der Waals surface area contributed by atoms with E-state index in [-0.39, 0.29) is 11.9 Å². The second-order valence-electron chi connectivity index (χ2n) is 5.00. The number of aromatic nitrogens is 1. The summed E-state index contributed by atoms with van der Waals surface area (Å²) < 4.78 is 0. The zero-order chi connectivity index (χ0) is 13.2. The van der Waals surface area contributed by atoms with Gasteiger partial charge in [-0.3, -0.25) is 4.79 Å². The quantitative estimate of drug-likeness (QED) is 0.927. The average Bonchev–Trinajstić information content (AvgIpc) is 3.17. The van der Waals surface area contributed by atoms with Crippen LogP contribution in [0.25, 0.3) is 10.6 Å². The van der Waals surface area contributed by atoms with E-state index in [0.717, 1.165) is 10.6 Å². The standard InChI is InChI=1S/C15H16N2OS/c1-10(11-7-8-11)17-14(18)13-9-16-15(19-13)12-5-3-2-4-6-12/h2-6,9-11H,7-8H2,1H3,(H,17,18). The van der Waals surface area contributed by atoms with E-state index in [9.17, 15) is 4.79 Å². The molecule has 1 atom stereocenters. The molecule has 0 radical (unpaired) electrons. The molecule has 1 N–H and O–H groups in total. The molecule has 1 amide bonds. The Morgan fingerprint density at radius 2 is 2.11 bits per heavy atom. The number of rotatable bonds is 4. The molecule has 1 fully saturated rings. The zero-order valence-corrected chi connectivity index (χ0v) is 11.6. The second-order valence-corrected chi connectivity index (χ2v) is 6.03. The van der Waals surface area contributed by atoms with E-state index < -0.39 is 0 Å². The smallest absolute Gasteiger partial charge is 0.263 e. The number of carbonyl (C=O) groups is 1. The van der Waals surface area contributed by atoms with Crippen molar-refractivity contribution in [3.8, 4) is 10.6 Å². The fraction of sp³-hybridized carbons (Fsp3) is 0.333. The molecule has 4 heteroatoms. The number of carbonyl (C=O) groups excluding carboxylic acids is 1. The highest BCUT2D eigenvalue weighted by atomic mass is 32.1. The maximum absolute atomic E-state index is 12.1. The van der Waals surface area contributed by atoms with E-state index in [0.29, 0.717) is 10.8 Å². The molecule has 1 unspecified atom stereocenters. The van der Waals surface area contributed by atoms with Gasteiger partial charge in [-0.2, -0.15) is 0 Å². The first-order valence-electron chi connectivity index (χ1n) is 6.56. The Morgan fingerprint density at radius 3 is 2.79 bits per heavy atom. The molecule has 0 saturated heterocycles. The first-order valence-corrected chi connectivity index (χ1v) is 7.38. The molecule has 1 aliphatic carbocycles. The van der Waals surface area contributed by atoms with Crippen LogP contribution in [0.2, 0.25) is 0 Å². The van der Waals surface area contributed by atoms with Crippen molar-refractivity contribution in [3.05, 3.63) is 41.4 Å². The maximum Gasteiger partial charge on any atom is 0.263 e. The molecular weight excluding hydrogens is 256 g/mol. The minimum absolute atomic E-state index is 0.000851. The Morgan fingerprint density at radius 1 is 1.37 bits per heavy atom. The summed E-state index contributed by atoms with van der Waals surface area (Å²) >= 11 is 1.45.